The molecule has 0 aromatic carbocycles. The molecule has 2 saturated heterocycles. The van der Waals surface area contributed by atoms with E-state index in [0.717, 1.165) is 12.8 Å². The average Bonchev–Trinajstić information content (AvgIpc) is 2.65. The summed E-state index contributed by atoms with van der Waals surface area (Å²) in [5, 5.41) is 13.6. The fourth-order valence-corrected chi connectivity index (χ4v) is 4.29. The predicted molar refractivity (Wildman–Crippen MR) is 80.1 cm³/mol. The van der Waals surface area contributed by atoms with E-state index < -0.39 is 34.7 Å². The highest BCUT2D eigenvalue weighted by atomic mass is 35.5. The summed E-state index contributed by atoms with van der Waals surface area (Å²) in [6.45, 7) is 1.67. The molecule has 3 rings (SSSR count). The SMILES string of the molecule is C[C@@]12OC(=O)C1([C@@H](O)C1(N)C=CCCC1)NC(=O)C2CCCl. The van der Waals surface area contributed by atoms with Crippen molar-refractivity contribution >= 4 is 23.5 Å². The number of fused-ring (bicyclic) bond motifs is 1. The maximum absolute atomic E-state index is 12.3. The van der Waals surface area contributed by atoms with Gasteiger partial charge in [-0.15, -0.1) is 11.6 Å². The summed E-state index contributed by atoms with van der Waals surface area (Å²) < 4.78 is 5.33. The van der Waals surface area contributed by atoms with E-state index in [9.17, 15) is 14.7 Å². The molecule has 3 unspecified atom stereocenters. The van der Waals surface area contributed by atoms with Crippen molar-refractivity contribution in [3.8, 4) is 0 Å². The summed E-state index contributed by atoms with van der Waals surface area (Å²) in [4.78, 5) is 24.6. The number of nitrogens with two attached hydrogens (primary N) is 1. The molecular formula is C15H21ClN2O4. The number of rotatable bonds is 4. The maximum Gasteiger partial charge on any atom is 0.339 e. The number of nitrogens with one attached hydrogen (secondary N) is 1. The summed E-state index contributed by atoms with van der Waals surface area (Å²) in [6.07, 6.45) is 5.03. The fraction of sp³-hybridized carbons (Fsp3) is 0.733. The van der Waals surface area contributed by atoms with Crippen LogP contribution in [-0.4, -0.2) is 45.6 Å². The number of amides is 1. The lowest BCUT2D eigenvalue weighted by atomic mass is 9.62. The van der Waals surface area contributed by atoms with Gasteiger partial charge in [0, 0.05) is 5.88 Å². The van der Waals surface area contributed by atoms with E-state index in [4.69, 9.17) is 22.1 Å². The van der Waals surface area contributed by atoms with Crippen LogP contribution >= 0.6 is 11.6 Å². The van der Waals surface area contributed by atoms with Crippen LogP contribution in [0.5, 0.6) is 0 Å². The Hall–Kier alpha value is -1.11. The molecule has 0 spiro atoms. The first-order chi connectivity index (χ1) is 10.3. The Morgan fingerprint density at radius 1 is 1.59 bits per heavy atom. The summed E-state index contributed by atoms with van der Waals surface area (Å²) in [5.74, 6) is -1.26. The Balaban J connectivity index is 2.00. The van der Waals surface area contributed by atoms with E-state index in [-0.39, 0.29) is 11.8 Å². The second kappa shape index (κ2) is 4.94. The van der Waals surface area contributed by atoms with Crippen molar-refractivity contribution in [1.29, 1.82) is 0 Å². The molecular weight excluding hydrogens is 308 g/mol. The van der Waals surface area contributed by atoms with Crippen LogP contribution in [0.15, 0.2) is 12.2 Å². The molecule has 4 N–H and O–H groups in total. The quantitative estimate of drug-likeness (QED) is 0.389. The zero-order chi connectivity index (χ0) is 16.2. The molecule has 0 radical (unpaired) electrons. The number of hydrogen-bond donors (Lipinski definition) is 3. The van der Waals surface area contributed by atoms with Gasteiger partial charge in [-0.2, -0.15) is 0 Å². The Bertz CT molecular complexity index is 554. The van der Waals surface area contributed by atoms with Gasteiger partial charge in [0.2, 0.25) is 11.4 Å². The van der Waals surface area contributed by atoms with Crippen molar-refractivity contribution in [3.63, 3.8) is 0 Å². The van der Waals surface area contributed by atoms with Crippen molar-refractivity contribution in [2.75, 3.05) is 5.88 Å². The van der Waals surface area contributed by atoms with Gasteiger partial charge in [0.05, 0.1) is 11.5 Å². The van der Waals surface area contributed by atoms with E-state index in [0.29, 0.717) is 12.8 Å². The van der Waals surface area contributed by atoms with Gasteiger partial charge < -0.3 is 20.9 Å². The molecule has 0 bridgehead atoms. The molecule has 2 heterocycles. The van der Waals surface area contributed by atoms with Crippen LogP contribution in [0.2, 0.25) is 0 Å². The smallest absolute Gasteiger partial charge is 0.339 e. The summed E-state index contributed by atoms with van der Waals surface area (Å²) in [5.41, 5.74) is 2.67. The normalized spacial score (nSPS) is 44.8. The van der Waals surface area contributed by atoms with Gasteiger partial charge in [-0.05, 0) is 32.6 Å². The van der Waals surface area contributed by atoms with Crippen LogP contribution in [0, 0.1) is 5.92 Å². The highest BCUT2D eigenvalue weighted by Gasteiger charge is 2.80. The largest absolute Gasteiger partial charge is 0.453 e. The Kier molecular flexibility index (Phi) is 3.54. The molecule has 22 heavy (non-hydrogen) atoms. The van der Waals surface area contributed by atoms with E-state index in [2.05, 4.69) is 5.32 Å². The van der Waals surface area contributed by atoms with E-state index in [1.54, 1.807) is 13.0 Å². The molecule has 122 valence electrons. The summed E-state index contributed by atoms with van der Waals surface area (Å²) in [6, 6.07) is 0. The van der Waals surface area contributed by atoms with Crippen molar-refractivity contribution < 1.29 is 19.4 Å². The monoisotopic (exact) mass is 328 g/mol. The highest BCUT2D eigenvalue weighted by Crippen LogP contribution is 2.53. The van der Waals surface area contributed by atoms with Gasteiger partial charge in [0.1, 0.15) is 6.10 Å². The minimum atomic E-state index is -1.49. The third-order valence-corrected chi connectivity index (χ3v) is 5.66. The van der Waals surface area contributed by atoms with Gasteiger partial charge in [-0.1, -0.05) is 12.2 Å². The second-order valence-electron chi connectivity index (χ2n) is 6.63. The second-order valence-corrected chi connectivity index (χ2v) is 7.01. The summed E-state index contributed by atoms with van der Waals surface area (Å²) in [7, 11) is 0. The highest BCUT2D eigenvalue weighted by molar-refractivity contribution is 6.18. The first kappa shape index (κ1) is 15.8. The number of esters is 1. The minimum absolute atomic E-state index is 0.269. The third-order valence-electron chi connectivity index (χ3n) is 5.44. The van der Waals surface area contributed by atoms with Gasteiger partial charge in [0.25, 0.3) is 0 Å². The van der Waals surface area contributed by atoms with Gasteiger partial charge in [0.15, 0.2) is 5.60 Å². The number of ether oxygens (including phenoxy) is 1. The van der Waals surface area contributed by atoms with Gasteiger partial charge in [-0.3, -0.25) is 4.79 Å². The lowest BCUT2D eigenvalue weighted by molar-refractivity contribution is -0.239. The predicted octanol–water partition coefficient (Wildman–Crippen LogP) is 0.214. The van der Waals surface area contributed by atoms with Crippen molar-refractivity contribution in [1.82, 2.24) is 5.32 Å². The zero-order valence-corrected chi connectivity index (χ0v) is 13.2. The van der Waals surface area contributed by atoms with Crippen LogP contribution in [0.4, 0.5) is 0 Å². The van der Waals surface area contributed by atoms with Crippen molar-refractivity contribution in [2.24, 2.45) is 11.7 Å². The number of aliphatic hydroxyl groups is 1. The topological polar surface area (TPSA) is 102 Å². The van der Waals surface area contributed by atoms with Crippen molar-refractivity contribution in [3.05, 3.63) is 12.2 Å². The average molecular weight is 329 g/mol. The Labute approximate surface area is 134 Å². The molecule has 2 fully saturated rings. The molecule has 0 saturated carbocycles. The molecule has 6 nitrogen and oxygen atoms in total. The minimum Gasteiger partial charge on any atom is -0.453 e. The maximum atomic E-state index is 12.3. The lowest BCUT2D eigenvalue weighted by Crippen LogP contribution is -2.83. The van der Waals surface area contributed by atoms with E-state index in [1.165, 1.54) is 0 Å². The van der Waals surface area contributed by atoms with Crippen LogP contribution in [0.1, 0.15) is 32.6 Å². The first-order valence-electron chi connectivity index (χ1n) is 7.58. The molecule has 3 aliphatic rings. The molecule has 0 aromatic rings. The number of halogens is 1. The van der Waals surface area contributed by atoms with Crippen LogP contribution in [0.3, 0.4) is 0 Å². The van der Waals surface area contributed by atoms with Crippen molar-refractivity contribution in [2.45, 2.75) is 55.4 Å². The number of hydrogen-bond acceptors (Lipinski definition) is 5. The number of allylic oxidation sites excluding steroid dienone is 1. The number of aliphatic hydroxyl groups excluding tert-OH is 1. The number of carbonyl (C=O) groups excluding carboxylic acids is 2. The fourth-order valence-electron chi connectivity index (χ4n) is 4.07. The van der Waals surface area contributed by atoms with E-state index >= 15 is 0 Å². The number of alkyl halides is 1. The molecule has 1 aliphatic carbocycles. The van der Waals surface area contributed by atoms with Gasteiger partial charge in [-0.25, -0.2) is 4.79 Å². The zero-order valence-electron chi connectivity index (χ0n) is 12.5. The molecule has 0 aromatic heterocycles. The van der Waals surface area contributed by atoms with Gasteiger partial charge >= 0.3 is 5.97 Å². The number of carbonyl (C=O) groups is 2. The van der Waals surface area contributed by atoms with E-state index in [1.807, 2.05) is 6.08 Å². The molecule has 5 atom stereocenters. The third kappa shape index (κ3) is 1.74. The first-order valence-corrected chi connectivity index (χ1v) is 8.11. The van der Waals surface area contributed by atoms with Crippen LogP contribution in [0.25, 0.3) is 0 Å². The lowest BCUT2D eigenvalue weighted by Gasteiger charge is -2.56. The Morgan fingerprint density at radius 3 is 2.86 bits per heavy atom. The van der Waals surface area contributed by atoms with Crippen LogP contribution in [-0.2, 0) is 14.3 Å². The molecule has 1 amide bonds. The summed E-state index contributed by atoms with van der Waals surface area (Å²) >= 11 is 5.76. The standard InChI is InChI=1S/C15H21ClN2O4/c1-13-9(5-8-16)10(19)18-15(13,12(21)22-13)11(20)14(17)6-3-2-4-7-14/h3,6,9,11,20H,2,4-5,7-8,17H2,1H3,(H,18,19)/t9?,11-,13-,14?,15?/m0/s1. The van der Waals surface area contributed by atoms with Crippen LogP contribution < -0.4 is 11.1 Å². The molecule has 7 heteroatoms. The molecule has 2 aliphatic heterocycles. The Morgan fingerprint density at radius 2 is 2.32 bits per heavy atom.